The van der Waals surface area contributed by atoms with E-state index in [1.807, 2.05) is 6.92 Å². The molecule has 1 fully saturated rings. The Morgan fingerprint density at radius 3 is 2.33 bits per heavy atom. The predicted molar refractivity (Wildman–Crippen MR) is 88.1 cm³/mol. The van der Waals surface area contributed by atoms with Gasteiger partial charge in [0.2, 0.25) is 5.60 Å². The maximum Gasteiger partial charge on any atom is 0.348 e. The Balaban J connectivity index is 2.21. The highest BCUT2D eigenvalue weighted by Crippen LogP contribution is 2.31. The van der Waals surface area contributed by atoms with E-state index in [4.69, 9.17) is 4.74 Å². The Labute approximate surface area is 142 Å². The van der Waals surface area contributed by atoms with Gasteiger partial charge in [0, 0.05) is 45.7 Å². The fourth-order valence-corrected chi connectivity index (χ4v) is 3.77. The molecular weight excluding hydrogens is 334 g/mol. The molecule has 24 heavy (non-hydrogen) atoms. The van der Waals surface area contributed by atoms with Crippen molar-refractivity contribution in [1.82, 2.24) is 13.6 Å². The average Bonchev–Trinajstić information content (AvgIpc) is 2.50. The largest absolute Gasteiger partial charge is 0.478 e. The van der Waals surface area contributed by atoms with E-state index >= 15 is 0 Å². The number of carbonyl (C=O) groups is 1. The minimum atomic E-state index is -3.56. The zero-order chi connectivity index (χ0) is 18.1. The number of piperidine rings is 1. The second-order valence-corrected chi connectivity index (χ2v) is 8.27. The first-order valence-electron chi connectivity index (χ1n) is 7.63. The minimum Gasteiger partial charge on any atom is -0.478 e. The summed E-state index contributed by atoms with van der Waals surface area (Å²) in [6.07, 6.45) is 0.144. The smallest absolute Gasteiger partial charge is 0.348 e. The van der Waals surface area contributed by atoms with E-state index in [2.05, 4.69) is 4.98 Å². The summed E-state index contributed by atoms with van der Waals surface area (Å²) < 4.78 is 32.6. The summed E-state index contributed by atoms with van der Waals surface area (Å²) in [5, 5.41) is 9.67. The number of rotatable bonds is 5. The predicted octanol–water partition coefficient (Wildman–Crippen LogP) is 0.803. The number of ether oxygens (including phenoxy) is 1. The molecule has 0 atom stereocenters. The van der Waals surface area contributed by atoms with Crippen LogP contribution in [0.4, 0.5) is 0 Å². The van der Waals surface area contributed by atoms with E-state index < -0.39 is 21.8 Å². The van der Waals surface area contributed by atoms with Crippen LogP contribution in [0.1, 0.15) is 24.2 Å². The second-order valence-electron chi connectivity index (χ2n) is 6.13. The highest BCUT2D eigenvalue weighted by atomic mass is 32.2. The lowest BCUT2D eigenvalue weighted by Gasteiger charge is -2.39. The van der Waals surface area contributed by atoms with E-state index in [0.29, 0.717) is 11.4 Å². The van der Waals surface area contributed by atoms with Crippen molar-refractivity contribution in [2.75, 3.05) is 27.2 Å². The fraction of sp³-hybridized carbons (Fsp3) is 0.600. The molecule has 1 aliphatic rings. The number of aryl methyl sites for hydroxylation is 2. The van der Waals surface area contributed by atoms with Crippen molar-refractivity contribution in [2.24, 2.45) is 0 Å². The molecule has 2 rings (SSSR count). The van der Waals surface area contributed by atoms with Gasteiger partial charge in [-0.2, -0.15) is 17.0 Å². The van der Waals surface area contributed by atoms with E-state index in [1.54, 1.807) is 19.1 Å². The fourth-order valence-electron chi connectivity index (χ4n) is 2.66. The average molecular weight is 357 g/mol. The highest BCUT2D eigenvalue weighted by molar-refractivity contribution is 7.86. The van der Waals surface area contributed by atoms with Crippen molar-refractivity contribution >= 4 is 16.2 Å². The Hall–Kier alpha value is -1.71. The molecule has 0 amide bonds. The van der Waals surface area contributed by atoms with Crippen molar-refractivity contribution in [3.8, 4) is 5.75 Å². The standard InChI is InChI=1S/C15H23N3O5S/c1-11-5-6-13(12(2)16-11)23-15(14(19)20)7-9-18(10-8-15)24(21,22)17(3)4/h5-6H,7-10H2,1-4H3,(H,19,20). The van der Waals surface area contributed by atoms with E-state index in [1.165, 1.54) is 18.4 Å². The van der Waals surface area contributed by atoms with E-state index in [9.17, 15) is 18.3 Å². The van der Waals surface area contributed by atoms with Gasteiger partial charge in [-0.05, 0) is 26.0 Å². The van der Waals surface area contributed by atoms with Gasteiger partial charge < -0.3 is 9.84 Å². The summed E-state index contributed by atoms with van der Waals surface area (Å²) >= 11 is 0. The normalized spacial score (nSPS) is 18.5. The number of aliphatic carboxylic acids is 1. The molecule has 134 valence electrons. The van der Waals surface area contributed by atoms with Crippen LogP contribution in [0.2, 0.25) is 0 Å². The molecule has 9 heteroatoms. The van der Waals surface area contributed by atoms with Gasteiger partial charge in [0.15, 0.2) is 0 Å². The maximum atomic E-state index is 12.2. The number of aromatic nitrogens is 1. The molecule has 0 unspecified atom stereocenters. The van der Waals surface area contributed by atoms with Crippen LogP contribution >= 0.6 is 0 Å². The molecular formula is C15H23N3O5S. The SMILES string of the molecule is Cc1ccc(OC2(C(=O)O)CCN(S(=O)(=O)N(C)C)CC2)c(C)n1. The van der Waals surface area contributed by atoms with Crippen molar-refractivity contribution in [2.45, 2.75) is 32.3 Å². The van der Waals surface area contributed by atoms with Gasteiger partial charge in [-0.25, -0.2) is 4.79 Å². The highest BCUT2D eigenvalue weighted by Gasteiger charge is 2.46. The maximum absolute atomic E-state index is 12.2. The second kappa shape index (κ2) is 6.66. The van der Waals surface area contributed by atoms with Crippen LogP contribution in [-0.2, 0) is 15.0 Å². The van der Waals surface area contributed by atoms with Crippen LogP contribution in [0.25, 0.3) is 0 Å². The van der Waals surface area contributed by atoms with Gasteiger partial charge in [-0.15, -0.1) is 0 Å². The first-order valence-corrected chi connectivity index (χ1v) is 9.02. The van der Waals surface area contributed by atoms with Crippen LogP contribution in [0.3, 0.4) is 0 Å². The zero-order valence-corrected chi connectivity index (χ0v) is 15.1. The van der Waals surface area contributed by atoms with Crippen LogP contribution in [0, 0.1) is 13.8 Å². The molecule has 0 aliphatic carbocycles. The molecule has 0 aromatic carbocycles. The Morgan fingerprint density at radius 2 is 1.88 bits per heavy atom. The number of hydrogen-bond donors (Lipinski definition) is 1. The van der Waals surface area contributed by atoms with Gasteiger partial charge in [0.1, 0.15) is 5.75 Å². The van der Waals surface area contributed by atoms with Gasteiger partial charge in [-0.1, -0.05) is 0 Å². The summed E-state index contributed by atoms with van der Waals surface area (Å²) in [5.41, 5.74) is -0.0184. The van der Waals surface area contributed by atoms with Crippen molar-refractivity contribution in [1.29, 1.82) is 0 Å². The molecule has 8 nitrogen and oxygen atoms in total. The van der Waals surface area contributed by atoms with E-state index in [-0.39, 0.29) is 25.9 Å². The molecule has 1 saturated heterocycles. The number of pyridine rings is 1. The quantitative estimate of drug-likeness (QED) is 0.837. The van der Waals surface area contributed by atoms with Gasteiger partial charge >= 0.3 is 5.97 Å². The molecule has 1 aliphatic heterocycles. The first-order chi connectivity index (χ1) is 11.1. The molecule has 1 aromatic rings. The summed E-state index contributed by atoms with van der Waals surface area (Å²) in [5.74, 6) is -0.684. The van der Waals surface area contributed by atoms with Crippen molar-refractivity contribution in [3.05, 3.63) is 23.5 Å². The number of nitrogens with zero attached hydrogens (tertiary/aromatic N) is 3. The van der Waals surface area contributed by atoms with Crippen LogP contribution in [-0.4, -0.2) is 65.9 Å². The van der Waals surface area contributed by atoms with Crippen LogP contribution < -0.4 is 4.74 Å². The zero-order valence-electron chi connectivity index (χ0n) is 14.3. The van der Waals surface area contributed by atoms with Crippen molar-refractivity contribution in [3.63, 3.8) is 0 Å². The lowest BCUT2D eigenvalue weighted by Crippen LogP contribution is -2.55. The molecule has 0 saturated carbocycles. The first kappa shape index (κ1) is 18.6. The van der Waals surface area contributed by atoms with Crippen LogP contribution in [0.15, 0.2) is 12.1 Å². The molecule has 0 radical (unpaired) electrons. The van der Waals surface area contributed by atoms with Gasteiger partial charge in [0.05, 0.1) is 5.69 Å². The van der Waals surface area contributed by atoms with E-state index in [0.717, 1.165) is 10.00 Å². The summed E-state index contributed by atoms with van der Waals surface area (Å²) in [7, 11) is -0.655. The summed E-state index contributed by atoms with van der Waals surface area (Å²) in [4.78, 5) is 16.1. The summed E-state index contributed by atoms with van der Waals surface area (Å²) in [6, 6.07) is 3.45. The summed E-state index contributed by atoms with van der Waals surface area (Å²) in [6.45, 7) is 3.77. The van der Waals surface area contributed by atoms with Crippen molar-refractivity contribution < 1.29 is 23.1 Å². The monoisotopic (exact) mass is 357 g/mol. The minimum absolute atomic E-state index is 0.0721. The molecule has 0 spiro atoms. The van der Waals surface area contributed by atoms with Gasteiger partial charge in [-0.3, -0.25) is 4.98 Å². The van der Waals surface area contributed by atoms with Crippen LogP contribution in [0.5, 0.6) is 5.75 Å². The Bertz CT molecular complexity index is 725. The molecule has 2 heterocycles. The number of carboxylic acid groups (broad SMARTS) is 1. The Kier molecular flexibility index (Phi) is 5.17. The third-order valence-corrected chi connectivity index (χ3v) is 6.13. The third-order valence-electron chi connectivity index (χ3n) is 4.19. The molecule has 0 bridgehead atoms. The topological polar surface area (TPSA) is 100 Å². The lowest BCUT2D eigenvalue weighted by molar-refractivity contribution is -0.158. The number of carboxylic acids is 1. The number of hydrogen-bond acceptors (Lipinski definition) is 5. The Morgan fingerprint density at radius 1 is 1.29 bits per heavy atom. The third kappa shape index (κ3) is 3.52. The molecule has 1 aromatic heterocycles. The lowest BCUT2D eigenvalue weighted by atomic mass is 9.92. The van der Waals surface area contributed by atoms with Gasteiger partial charge in [0.25, 0.3) is 10.2 Å². The molecule has 1 N–H and O–H groups in total.